The van der Waals surface area contributed by atoms with Crippen LogP contribution in [0, 0.1) is 13.8 Å². The summed E-state index contributed by atoms with van der Waals surface area (Å²) >= 11 is 0. The summed E-state index contributed by atoms with van der Waals surface area (Å²) in [5.74, 6) is 0.837. The van der Waals surface area contributed by atoms with E-state index in [1.165, 1.54) is 11.1 Å². The molecule has 0 radical (unpaired) electrons. The molecule has 4 rings (SSSR count). The van der Waals surface area contributed by atoms with Gasteiger partial charge in [0.1, 0.15) is 11.9 Å². The molecule has 0 aliphatic heterocycles. The van der Waals surface area contributed by atoms with Gasteiger partial charge in [-0.3, -0.25) is 4.79 Å². The van der Waals surface area contributed by atoms with Gasteiger partial charge in [-0.25, -0.2) is 9.97 Å². The number of benzene rings is 2. The SMILES string of the molecule is Cc1cc2ncn(CCCC(=O)NC(c3ccccc3)c3nccn3C)c2cc1C. The summed E-state index contributed by atoms with van der Waals surface area (Å²) in [6.07, 6.45) is 6.70. The molecule has 154 valence electrons. The topological polar surface area (TPSA) is 64.7 Å². The van der Waals surface area contributed by atoms with Crippen molar-refractivity contribution in [3.8, 4) is 0 Å². The van der Waals surface area contributed by atoms with Crippen molar-refractivity contribution < 1.29 is 4.79 Å². The molecule has 0 fully saturated rings. The fraction of sp³-hybridized carbons (Fsp3) is 0.292. The average Bonchev–Trinajstić information content (AvgIpc) is 3.33. The lowest BCUT2D eigenvalue weighted by molar-refractivity contribution is -0.121. The van der Waals surface area contributed by atoms with E-state index in [1.807, 2.05) is 54.5 Å². The van der Waals surface area contributed by atoms with E-state index in [2.05, 4.69) is 45.8 Å². The van der Waals surface area contributed by atoms with Crippen LogP contribution in [-0.4, -0.2) is 25.0 Å². The number of aromatic nitrogens is 4. The molecule has 0 saturated carbocycles. The Morgan fingerprint density at radius 1 is 1.10 bits per heavy atom. The first-order valence-electron chi connectivity index (χ1n) is 10.3. The number of hydrogen-bond acceptors (Lipinski definition) is 3. The minimum absolute atomic E-state index is 0.0169. The summed E-state index contributed by atoms with van der Waals surface area (Å²) in [5, 5.41) is 3.16. The first-order valence-corrected chi connectivity index (χ1v) is 10.3. The van der Waals surface area contributed by atoms with Gasteiger partial charge in [0.2, 0.25) is 5.91 Å². The van der Waals surface area contributed by atoms with Crippen LogP contribution in [0.25, 0.3) is 11.0 Å². The van der Waals surface area contributed by atoms with Gasteiger partial charge in [0.15, 0.2) is 0 Å². The van der Waals surface area contributed by atoms with Crippen LogP contribution in [0.2, 0.25) is 0 Å². The van der Waals surface area contributed by atoms with Crippen LogP contribution in [0.4, 0.5) is 0 Å². The van der Waals surface area contributed by atoms with Crippen LogP contribution in [0.15, 0.2) is 61.2 Å². The van der Waals surface area contributed by atoms with Gasteiger partial charge in [-0.2, -0.15) is 0 Å². The van der Waals surface area contributed by atoms with Gasteiger partial charge in [0.25, 0.3) is 0 Å². The fourth-order valence-electron chi connectivity index (χ4n) is 3.73. The van der Waals surface area contributed by atoms with Crippen LogP contribution < -0.4 is 5.32 Å². The number of aryl methyl sites for hydroxylation is 4. The number of fused-ring (bicyclic) bond motifs is 1. The van der Waals surface area contributed by atoms with Gasteiger partial charge >= 0.3 is 0 Å². The number of hydrogen-bond donors (Lipinski definition) is 1. The minimum atomic E-state index is -0.265. The summed E-state index contributed by atoms with van der Waals surface area (Å²) in [6.45, 7) is 4.97. The molecule has 4 aromatic rings. The number of nitrogens with one attached hydrogen (secondary N) is 1. The summed E-state index contributed by atoms with van der Waals surface area (Å²) in [6, 6.07) is 14.0. The van der Waals surface area contributed by atoms with E-state index in [1.54, 1.807) is 6.20 Å². The fourth-order valence-corrected chi connectivity index (χ4v) is 3.73. The van der Waals surface area contributed by atoms with Gasteiger partial charge in [-0.1, -0.05) is 30.3 Å². The molecule has 30 heavy (non-hydrogen) atoms. The number of imidazole rings is 2. The van der Waals surface area contributed by atoms with Crippen molar-refractivity contribution in [1.82, 2.24) is 24.4 Å². The van der Waals surface area contributed by atoms with E-state index in [4.69, 9.17) is 0 Å². The van der Waals surface area contributed by atoms with Gasteiger partial charge < -0.3 is 14.5 Å². The Balaban J connectivity index is 1.42. The predicted octanol–water partition coefficient (Wildman–Crippen LogP) is 4.07. The van der Waals surface area contributed by atoms with Crippen LogP contribution >= 0.6 is 0 Å². The molecule has 2 heterocycles. The average molecular weight is 402 g/mol. The highest BCUT2D eigenvalue weighted by Crippen LogP contribution is 2.21. The zero-order valence-electron chi connectivity index (χ0n) is 17.7. The number of carbonyl (C=O) groups is 1. The molecule has 2 aromatic heterocycles. The molecule has 6 heteroatoms. The molecule has 6 nitrogen and oxygen atoms in total. The lowest BCUT2D eigenvalue weighted by Gasteiger charge is -2.19. The van der Waals surface area contributed by atoms with Crippen molar-refractivity contribution in [3.05, 3.63) is 83.7 Å². The van der Waals surface area contributed by atoms with Gasteiger partial charge in [0.05, 0.1) is 17.4 Å². The van der Waals surface area contributed by atoms with Crippen molar-refractivity contribution >= 4 is 16.9 Å². The molecule has 1 N–H and O–H groups in total. The number of rotatable bonds is 7. The Kier molecular flexibility index (Phi) is 5.65. The predicted molar refractivity (Wildman–Crippen MR) is 118 cm³/mol. The molecule has 2 aromatic carbocycles. The van der Waals surface area contributed by atoms with E-state index in [0.717, 1.165) is 35.4 Å². The molecule has 1 unspecified atom stereocenters. The van der Waals surface area contributed by atoms with Crippen LogP contribution in [-0.2, 0) is 18.4 Å². The highest BCUT2D eigenvalue weighted by atomic mass is 16.1. The largest absolute Gasteiger partial charge is 0.342 e. The first kappa shape index (κ1) is 19.9. The Bertz CT molecular complexity index is 1160. The first-order chi connectivity index (χ1) is 14.5. The number of amides is 1. The maximum Gasteiger partial charge on any atom is 0.220 e. The zero-order valence-corrected chi connectivity index (χ0v) is 17.7. The monoisotopic (exact) mass is 401 g/mol. The second-order valence-corrected chi connectivity index (χ2v) is 7.77. The van der Waals surface area contributed by atoms with Crippen molar-refractivity contribution in [1.29, 1.82) is 0 Å². The van der Waals surface area contributed by atoms with E-state index in [0.29, 0.717) is 6.42 Å². The second-order valence-electron chi connectivity index (χ2n) is 7.77. The third-order valence-electron chi connectivity index (χ3n) is 5.59. The second kappa shape index (κ2) is 8.53. The molecule has 1 atom stereocenters. The molecule has 0 bridgehead atoms. The summed E-state index contributed by atoms with van der Waals surface area (Å²) in [4.78, 5) is 21.7. The van der Waals surface area contributed by atoms with Gasteiger partial charge in [-0.15, -0.1) is 0 Å². The maximum absolute atomic E-state index is 12.8. The van der Waals surface area contributed by atoms with E-state index in [9.17, 15) is 4.79 Å². The summed E-state index contributed by atoms with van der Waals surface area (Å²) < 4.78 is 4.07. The molecular formula is C24H27N5O. The van der Waals surface area contributed by atoms with Crippen molar-refractivity contribution in [3.63, 3.8) is 0 Å². The summed E-state index contributed by atoms with van der Waals surface area (Å²) in [5.41, 5.74) is 5.64. The maximum atomic E-state index is 12.8. The van der Waals surface area contributed by atoms with E-state index >= 15 is 0 Å². The normalized spacial score (nSPS) is 12.2. The quantitative estimate of drug-likeness (QED) is 0.508. The highest BCUT2D eigenvalue weighted by molar-refractivity contribution is 5.78. The third-order valence-corrected chi connectivity index (χ3v) is 5.59. The third kappa shape index (κ3) is 4.13. The lowest BCUT2D eigenvalue weighted by Crippen LogP contribution is -2.31. The summed E-state index contributed by atoms with van der Waals surface area (Å²) in [7, 11) is 1.94. The highest BCUT2D eigenvalue weighted by Gasteiger charge is 2.20. The Morgan fingerprint density at radius 3 is 2.60 bits per heavy atom. The smallest absolute Gasteiger partial charge is 0.220 e. The van der Waals surface area contributed by atoms with E-state index < -0.39 is 0 Å². The van der Waals surface area contributed by atoms with Crippen LogP contribution in [0.5, 0.6) is 0 Å². The van der Waals surface area contributed by atoms with Crippen molar-refractivity contribution in [2.75, 3.05) is 0 Å². The molecule has 0 saturated heterocycles. The van der Waals surface area contributed by atoms with Crippen LogP contribution in [0.3, 0.4) is 0 Å². The van der Waals surface area contributed by atoms with Gasteiger partial charge in [-0.05, 0) is 49.1 Å². The Labute approximate surface area is 176 Å². The molecule has 0 aliphatic carbocycles. The van der Waals surface area contributed by atoms with Crippen molar-refractivity contribution in [2.45, 2.75) is 39.3 Å². The molecule has 1 amide bonds. The minimum Gasteiger partial charge on any atom is -0.342 e. The zero-order chi connectivity index (χ0) is 21.1. The Morgan fingerprint density at radius 2 is 1.87 bits per heavy atom. The molecular weight excluding hydrogens is 374 g/mol. The van der Waals surface area contributed by atoms with Crippen molar-refractivity contribution in [2.24, 2.45) is 7.05 Å². The number of carbonyl (C=O) groups excluding carboxylic acids is 1. The molecule has 0 aliphatic rings. The standard InChI is InChI=1S/C24H27N5O/c1-17-14-20-21(15-18(17)2)29(16-26-20)12-7-10-22(30)27-23(19-8-5-4-6-9-19)24-25-11-13-28(24)3/h4-6,8-9,11,13-16,23H,7,10,12H2,1-3H3,(H,27,30). The molecule has 0 spiro atoms. The number of nitrogens with zero attached hydrogens (tertiary/aromatic N) is 4. The lowest BCUT2D eigenvalue weighted by atomic mass is 10.1. The van der Waals surface area contributed by atoms with Gasteiger partial charge in [0, 0.05) is 32.4 Å². The van der Waals surface area contributed by atoms with Crippen LogP contribution in [0.1, 0.15) is 41.4 Å². The van der Waals surface area contributed by atoms with E-state index in [-0.39, 0.29) is 11.9 Å². The Hall–Kier alpha value is -3.41.